The van der Waals surface area contributed by atoms with Crippen LogP contribution < -0.4 is 10.0 Å². The standard InChI is InChI=1S/C22H13FN4O6S/c23-13-2-5-15(6-3-13)34(31,32)27-14-4-8-19-17(10-14)20(26-33-19)21(28)25-18-7-1-12(11-24)9-16(18)22(29)30/h1-10,27H,(H,25,28)(H,29,30). The summed E-state index contributed by atoms with van der Waals surface area (Å²) in [5.74, 6) is -2.76. The second-order valence-corrected chi connectivity index (χ2v) is 8.62. The van der Waals surface area contributed by atoms with Gasteiger partial charge >= 0.3 is 5.97 Å². The molecule has 1 aromatic heterocycles. The van der Waals surface area contributed by atoms with Gasteiger partial charge in [0.2, 0.25) is 0 Å². The highest BCUT2D eigenvalue weighted by molar-refractivity contribution is 7.92. The number of carbonyl (C=O) groups is 2. The van der Waals surface area contributed by atoms with Crippen LogP contribution in [0, 0.1) is 17.1 Å². The zero-order chi connectivity index (χ0) is 24.5. The van der Waals surface area contributed by atoms with Crippen LogP contribution in [0.15, 0.2) is 70.1 Å². The predicted molar refractivity (Wildman–Crippen MR) is 117 cm³/mol. The number of amides is 1. The Bertz CT molecular complexity index is 1590. The van der Waals surface area contributed by atoms with Crippen LogP contribution in [-0.2, 0) is 10.0 Å². The van der Waals surface area contributed by atoms with Gasteiger partial charge < -0.3 is 14.9 Å². The van der Waals surface area contributed by atoms with Gasteiger partial charge in [-0.1, -0.05) is 5.16 Å². The summed E-state index contributed by atoms with van der Waals surface area (Å²) in [6.45, 7) is 0. The number of carbonyl (C=O) groups excluding carboxylic acids is 1. The molecule has 1 amide bonds. The maximum Gasteiger partial charge on any atom is 0.337 e. The van der Waals surface area contributed by atoms with Crippen LogP contribution in [0.1, 0.15) is 26.4 Å². The van der Waals surface area contributed by atoms with Crippen molar-refractivity contribution in [1.82, 2.24) is 5.16 Å². The van der Waals surface area contributed by atoms with Crippen molar-refractivity contribution in [2.45, 2.75) is 4.90 Å². The van der Waals surface area contributed by atoms with Gasteiger partial charge in [-0.25, -0.2) is 17.6 Å². The number of nitrogens with zero attached hydrogens (tertiary/aromatic N) is 2. The quantitative estimate of drug-likeness (QED) is 0.377. The topological polar surface area (TPSA) is 162 Å². The largest absolute Gasteiger partial charge is 0.478 e. The molecule has 0 bridgehead atoms. The SMILES string of the molecule is N#Cc1ccc(NC(=O)c2noc3ccc(NS(=O)(=O)c4ccc(F)cc4)cc23)c(C(=O)O)c1. The molecule has 0 aliphatic carbocycles. The molecule has 0 fully saturated rings. The van der Waals surface area contributed by atoms with E-state index < -0.39 is 27.7 Å². The molecular formula is C22H13FN4O6S. The second-order valence-electron chi connectivity index (χ2n) is 6.93. The fraction of sp³-hybridized carbons (Fsp3) is 0. The van der Waals surface area contributed by atoms with Gasteiger partial charge in [0.05, 0.1) is 33.2 Å². The highest BCUT2D eigenvalue weighted by Gasteiger charge is 2.21. The number of hydrogen-bond acceptors (Lipinski definition) is 7. The van der Waals surface area contributed by atoms with Gasteiger partial charge in [-0.05, 0) is 60.7 Å². The Morgan fingerprint density at radius 2 is 1.79 bits per heavy atom. The number of nitriles is 1. The molecule has 10 nitrogen and oxygen atoms in total. The molecule has 3 aromatic carbocycles. The van der Waals surface area contributed by atoms with E-state index in [9.17, 15) is 27.5 Å². The van der Waals surface area contributed by atoms with Crippen molar-refractivity contribution in [3.8, 4) is 6.07 Å². The van der Waals surface area contributed by atoms with Gasteiger partial charge in [0, 0.05) is 5.69 Å². The lowest BCUT2D eigenvalue weighted by molar-refractivity contribution is 0.0698. The predicted octanol–water partition coefficient (Wildman–Crippen LogP) is 3.59. The number of fused-ring (bicyclic) bond motifs is 1. The van der Waals surface area contributed by atoms with E-state index in [0.29, 0.717) is 0 Å². The fourth-order valence-corrected chi connectivity index (χ4v) is 4.12. The first-order valence-corrected chi connectivity index (χ1v) is 10.9. The highest BCUT2D eigenvalue weighted by Crippen LogP contribution is 2.26. The summed E-state index contributed by atoms with van der Waals surface area (Å²) in [6.07, 6.45) is 0. The summed E-state index contributed by atoms with van der Waals surface area (Å²) in [7, 11) is -4.05. The van der Waals surface area contributed by atoms with Gasteiger partial charge in [-0.2, -0.15) is 5.26 Å². The van der Waals surface area contributed by atoms with Crippen LogP contribution in [-0.4, -0.2) is 30.6 Å². The van der Waals surface area contributed by atoms with Crippen molar-refractivity contribution in [3.63, 3.8) is 0 Å². The molecule has 0 atom stereocenters. The van der Waals surface area contributed by atoms with E-state index in [1.54, 1.807) is 0 Å². The average Bonchev–Trinajstić information content (AvgIpc) is 3.22. The molecule has 3 N–H and O–H groups in total. The Labute approximate surface area is 191 Å². The maximum absolute atomic E-state index is 13.1. The van der Waals surface area contributed by atoms with Crippen molar-refractivity contribution in [2.24, 2.45) is 0 Å². The monoisotopic (exact) mass is 480 g/mol. The van der Waals surface area contributed by atoms with Gasteiger partial charge in [-0.3, -0.25) is 9.52 Å². The lowest BCUT2D eigenvalue weighted by Gasteiger charge is -2.09. The third kappa shape index (κ3) is 4.41. The van der Waals surface area contributed by atoms with Crippen LogP contribution in [0.3, 0.4) is 0 Å². The minimum atomic E-state index is -4.05. The molecule has 34 heavy (non-hydrogen) atoms. The average molecular weight is 480 g/mol. The first-order valence-electron chi connectivity index (χ1n) is 9.44. The number of nitrogens with one attached hydrogen (secondary N) is 2. The van der Waals surface area contributed by atoms with Crippen LogP contribution in [0.25, 0.3) is 11.0 Å². The van der Waals surface area contributed by atoms with E-state index in [2.05, 4.69) is 15.2 Å². The molecule has 0 saturated heterocycles. The first-order chi connectivity index (χ1) is 16.2. The molecule has 0 unspecified atom stereocenters. The van der Waals surface area contributed by atoms with Crippen molar-refractivity contribution in [1.29, 1.82) is 5.26 Å². The minimum Gasteiger partial charge on any atom is -0.478 e. The molecule has 4 aromatic rings. The summed E-state index contributed by atoms with van der Waals surface area (Å²) in [5, 5.41) is 24.6. The molecule has 12 heteroatoms. The Morgan fingerprint density at radius 1 is 1.06 bits per heavy atom. The zero-order valence-electron chi connectivity index (χ0n) is 16.9. The number of benzene rings is 3. The molecule has 0 radical (unpaired) electrons. The van der Waals surface area contributed by atoms with E-state index in [1.807, 2.05) is 6.07 Å². The van der Waals surface area contributed by atoms with Gasteiger partial charge in [0.1, 0.15) is 5.82 Å². The Morgan fingerprint density at radius 3 is 2.47 bits per heavy atom. The summed E-state index contributed by atoms with van der Waals surface area (Å²) in [4.78, 5) is 24.1. The number of carboxylic acids is 1. The van der Waals surface area contributed by atoms with E-state index in [1.165, 1.54) is 30.3 Å². The smallest absolute Gasteiger partial charge is 0.337 e. The van der Waals surface area contributed by atoms with Crippen molar-refractivity contribution in [3.05, 3.63) is 83.3 Å². The Balaban J connectivity index is 1.64. The lowest BCUT2D eigenvalue weighted by Crippen LogP contribution is -2.16. The van der Waals surface area contributed by atoms with Crippen LogP contribution in [0.4, 0.5) is 15.8 Å². The lowest BCUT2D eigenvalue weighted by atomic mass is 10.1. The Hall–Kier alpha value is -4.76. The minimum absolute atomic E-state index is 0.0687. The van der Waals surface area contributed by atoms with Crippen LogP contribution >= 0.6 is 0 Å². The van der Waals surface area contributed by atoms with Gasteiger partial charge in [-0.15, -0.1) is 0 Å². The summed E-state index contributed by atoms with van der Waals surface area (Å²) < 4.78 is 45.7. The number of sulfonamides is 1. The number of rotatable bonds is 6. The van der Waals surface area contributed by atoms with Crippen molar-refractivity contribution in [2.75, 3.05) is 10.0 Å². The summed E-state index contributed by atoms with van der Waals surface area (Å²) in [5.41, 5.74) is -0.237. The molecule has 4 rings (SSSR count). The number of halogens is 1. The summed E-state index contributed by atoms with van der Waals surface area (Å²) >= 11 is 0. The van der Waals surface area contributed by atoms with Crippen LogP contribution in [0.5, 0.6) is 0 Å². The fourth-order valence-electron chi connectivity index (χ4n) is 3.07. The molecular weight excluding hydrogens is 467 g/mol. The number of carboxylic acid groups (broad SMARTS) is 1. The van der Waals surface area contributed by atoms with E-state index in [4.69, 9.17) is 9.78 Å². The maximum atomic E-state index is 13.1. The molecule has 0 saturated carbocycles. The Kier molecular flexibility index (Phi) is 5.70. The number of aromatic carboxylic acids is 1. The molecule has 170 valence electrons. The molecule has 1 heterocycles. The third-order valence-corrected chi connectivity index (χ3v) is 6.09. The van der Waals surface area contributed by atoms with E-state index >= 15 is 0 Å². The third-order valence-electron chi connectivity index (χ3n) is 4.69. The number of aromatic nitrogens is 1. The zero-order valence-corrected chi connectivity index (χ0v) is 17.8. The van der Waals surface area contributed by atoms with Gasteiger partial charge in [0.25, 0.3) is 15.9 Å². The molecule has 0 aliphatic rings. The number of hydrogen-bond donors (Lipinski definition) is 3. The molecule has 0 spiro atoms. The first kappa shape index (κ1) is 22.4. The van der Waals surface area contributed by atoms with Crippen molar-refractivity contribution < 1.29 is 32.0 Å². The highest BCUT2D eigenvalue weighted by atomic mass is 32.2. The van der Waals surface area contributed by atoms with E-state index in [0.717, 1.165) is 30.3 Å². The normalized spacial score (nSPS) is 11.1. The van der Waals surface area contributed by atoms with Gasteiger partial charge in [0.15, 0.2) is 11.3 Å². The van der Waals surface area contributed by atoms with Crippen molar-refractivity contribution >= 4 is 44.2 Å². The van der Waals surface area contributed by atoms with Crippen LogP contribution in [0.2, 0.25) is 0 Å². The summed E-state index contributed by atoms with van der Waals surface area (Å²) in [6, 6.07) is 13.9. The molecule has 0 aliphatic heterocycles. The van der Waals surface area contributed by atoms with E-state index in [-0.39, 0.29) is 44.1 Å². The second kappa shape index (κ2) is 8.64. The number of anilines is 2.